The molecular weight excluding hydrogens is 190 g/mol. The molecule has 2 N–H and O–H groups in total. The Morgan fingerprint density at radius 1 is 1.27 bits per heavy atom. The summed E-state index contributed by atoms with van der Waals surface area (Å²) in [5.41, 5.74) is 5.91. The van der Waals surface area contributed by atoms with Crippen molar-refractivity contribution in [1.29, 1.82) is 0 Å². The molecule has 0 aromatic rings. The van der Waals surface area contributed by atoms with Crippen LogP contribution in [0.25, 0.3) is 0 Å². The summed E-state index contributed by atoms with van der Waals surface area (Å²) in [7, 11) is 0. The van der Waals surface area contributed by atoms with Crippen LogP contribution in [0, 0.1) is 0 Å². The molecule has 0 saturated carbocycles. The molecule has 4 nitrogen and oxygen atoms in total. The predicted molar refractivity (Wildman–Crippen MR) is 59.5 cm³/mol. The molecule has 86 valence electrons. The molecule has 0 spiro atoms. The minimum Gasteiger partial charge on any atom is -0.341 e. The molecule has 4 heteroatoms. The second kappa shape index (κ2) is 4.94. The quantitative estimate of drug-likeness (QED) is 0.716. The van der Waals surface area contributed by atoms with Crippen LogP contribution in [0.3, 0.4) is 0 Å². The molecule has 2 aliphatic heterocycles. The average molecular weight is 211 g/mol. The number of piperidine rings is 1. The van der Waals surface area contributed by atoms with Gasteiger partial charge < -0.3 is 15.5 Å². The highest BCUT2D eigenvalue weighted by Crippen LogP contribution is 2.11. The zero-order valence-corrected chi connectivity index (χ0v) is 9.32. The fourth-order valence-corrected chi connectivity index (χ4v) is 2.50. The number of nitrogens with zero attached hydrogens (tertiary/aromatic N) is 2. The highest BCUT2D eigenvalue weighted by atomic mass is 16.2. The van der Waals surface area contributed by atoms with Gasteiger partial charge in [-0.1, -0.05) is 0 Å². The highest BCUT2D eigenvalue weighted by Gasteiger charge is 2.22. The maximum Gasteiger partial charge on any atom is 0.222 e. The van der Waals surface area contributed by atoms with Crippen molar-refractivity contribution in [3.63, 3.8) is 0 Å². The van der Waals surface area contributed by atoms with Gasteiger partial charge in [-0.05, 0) is 25.8 Å². The number of rotatable bonds is 3. The van der Waals surface area contributed by atoms with Crippen molar-refractivity contribution in [2.24, 2.45) is 5.73 Å². The first-order valence-electron chi connectivity index (χ1n) is 6.01. The summed E-state index contributed by atoms with van der Waals surface area (Å²) in [6.45, 7) is 5.00. The lowest BCUT2D eigenvalue weighted by Crippen LogP contribution is -2.45. The van der Waals surface area contributed by atoms with E-state index in [2.05, 4.69) is 4.90 Å². The molecule has 0 aliphatic carbocycles. The van der Waals surface area contributed by atoms with Crippen molar-refractivity contribution in [3.05, 3.63) is 0 Å². The number of nitrogens with two attached hydrogens (primary N) is 1. The molecule has 2 heterocycles. The molecule has 2 saturated heterocycles. The first kappa shape index (κ1) is 10.9. The number of amides is 1. The topological polar surface area (TPSA) is 49.6 Å². The van der Waals surface area contributed by atoms with E-state index in [1.54, 1.807) is 0 Å². The van der Waals surface area contributed by atoms with Crippen LogP contribution in [0.5, 0.6) is 0 Å². The average Bonchev–Trinajstić information content (AvgIpc) is 2.61. The molecule has 1 atom stereocenters. The predicted octanol–water partition coefficient (Wildman–Crippen LogP) is 0.0319. The highest BCUT2D eigenvalue weighted by molar-refractivity contribution is 5.78. The Balaban J connectivity index is 1.70. The summed E-state index contributed by atoms with van der Waals surface area (Å²) < 4.78 is 0. The van der Waals surface area contributed by atoms with Gasteiger partial charge in [0.25, 0.3) is 0 Å². The van der Waals surface area contributed by atoms with E-state index in [4.69, 9.17) is 5.73 Å². The van der Waals surface area contributed by atoms with Gasteiger partial charge in [0.1, 0.15) is 0 Å². The fraction of sp³-hybridized carbons (Fsp3) is 0.909. The van der Waals surface area contributed by atoms with Crippen molar-refractivity contribution in [2.75, 3.05) is 32.7 Å². The van der Waals surface area contributed by atoms with Crippen molar-refractivity contribution in [3.8, 4) is 0 Å². The van der Waals surface area contributed by atoms with E-state index in [0.717, 1.165) is 52.0 Å². The third kappa shape index (κ3) is 2.92. The van der Waals surface area contributed by atoms with Gasteiger partial charge in [0.15, 0.2) is 0 Å². The van der Waals surface area contributed by atoms with Gasteiger partial charge in [-0.3, -0.25) is 4.79 Å². The molecule has 2 rings (SSSR count). The monoisotopic (exact) mass is 211 g/mol. The number of likely N-dealkylation sites (tertiary alicyclic amines) is 2. The summed E-state index contributed by atoms with van der Waals surface area (Å²) in [4.78, 5) is 15.8. The van der Waals surface area contributed by atoms with Crippen LogP contribution >= 0.6 is 0 Å². The molecule has 0 aromatic carbocycles. The molecule has 2 aliphatic rings. The van der Waals surface area contributed by atoms with Gasteiger partial charge in [0, 0.05) is 38.6 Å². The second-order valence-electron chi connectivity index (χ2n) is 4.69. The summed E-state index contributed by atoms with van der Waals surface area (Å²) in [6, 6.07) is 0.341. The zero-order valence-electron chi connectivity index (χ0n) is 9.32. The van der Waals surface area contributed by atoms with Gasteiger partial charge in [-0.2, -0.15) is 0 Å². The first-order chi connectivity index (χ1) is 7.25. The Labute approximate surface area is 91.4 Å². The lowest BCUT2D eigenvalue weighted by Gasteiger charge is -2.31. The van der Waals surface area contributed by atoms with E-state index in [1.807, 2.05) is 4.90 Å². The van der Waals surface area contributed by atoms with E-state index < -0.39 is 0 Å². The summed E-state index contributed by atoms with van der Waals surface area (Å²) in [5.74, 6) is 0.330. The Morgan fingerprint density at radius 2 is 2.13 bits per heavy atom. The summed E-state index contributed by atoms with van der Waals surface area (Å²) in [6.07, 6.45) is 4.14. The lowest BCUT2D eigenvalue weighted by atomic mass is 10.1. The van der Waals surface area contributed by atoms with Crippen LogP contribution in [0.2, 0.25) is 0 Å². The van der Waals surface area contributed by atoms with E-state index >= 15 is 0 Å². The van der Waals surface area contributed by atoms with Gasteiger partial charge in [0.2, 0.25) is 5.91 Å². The van der Waals surface area contributed by atoms with E-state index in [-0.39, 0.29) is 0 Å². The maximum absolute atomic E-state index is 11.4. The van der Waals surface area contributed by atoms with Crippen LogP contribution in [-0.2, 0) is 4.79 Å². The minimum atomic E-state index is 0.330. The number of hydrogen-bond donors (Lipinski definition) is 1. The SMILES string of the molecule is N[C@@H]1CCCN(CCN2CCCC2=O)C1. The maximum atomic E-state index is 11.4. The van der Waals surface area contributed by atoms with Crippen molar-refractivity contribution in [1.82, 2.24) is 9.80 Å². The van der Waals surface area contributed by atoms with E-state index in [0.29, 0.717) is 11.9 Å². The smallest absolute Gasteiger partial charge is 0.222 e. The third-order valence-electron chi connectivity index (χ3n) is 3.40. The van der Waals surface area contributed by atoms with Crippen LogP contribution in [0.1, 0.15) is 25.7 Å². The number of carbonyl (C=O) groups excluding carboxylic acids is 1. The van der Waals surface area contributed by atoms with Gasteiger partial charge in [-0.15, -0.1) is 0 Å². The zero-order chi connectivity index (χ0) is 10.7. The lowest BCUT2D eigenvalue weighted by molar-refractivity contribution is -0.127. The third-order valence-corrected chi connectivity index (χ3v) is 3.40. The van der Waals surface area contributed by atoms with Crippen molar-refractivity contribution >= 4 is 5.91 Å². The van der Waals surface area contributed by atoms with Gasteiger partial charge in [-0.25, -0.2) is 0 Å². The number of carbonyl (C=O) groups is 1. The first-order valence-corrected chi connectivity index (χ1v) is 6.01. The summed E-state index contributed by atoms with van der Waals surface area (Å²) >= 11 is 0. The normalized spacial score (nSPS) is 28.7. The standard InChI is InChI=1S/C11H21N3O/c12-10-3-1-5-13(9-10)7-8-14-6-2-4-11(14)15/h10H,1-9,12H2/t10-/m1/s1. The molecule has 0 radical (unpaired) electrons. The van der Waals surface area contributed by atoms with Crippen molar-refractivity contribution in [2.45, 2.75) is 31.7 Å². The second-order valence-corrected chi connectivity index (χ2v) is 4.69. The molecule has 0 aromatic heterocycles. The Morgan fingerprint density at radius 3 is 2.80 bits per heavy atom. The van der Waals surface area contributed by atoms with Crippen LogP contribution in [-0.4, -0.2) is 54.5 Å². The fourth-order valence-electron chi connectivity index (χ4n) is 2.50. The van der Waals surface area contributed by atoms with Crippen molar-refractivity contribution < 1.29 is 4.79 Å². The van der Waals surface area contributed by atoms with Crippen LogP contribution < -0.4 is 5.73 Å². The van der Waals surface area contributed by atoms with Crippen LogP contribution in [0.4, 0.5) is 0 Å². The Hall–Kier alpha value is -0.610. The Kier molecular flexibility index (Phi) is 3.59. The largest absolute Gasteiger partial charge is 0.341 e. The van der Waals surface area contributed by atoms with E-state index in [9.17, 15) is 4.79 Å². The number of hydrogen-bond acceptors (Lipinski definition) is 3. The molecule has 1 amide bonds. The molecule has 0 bridgehead atoms. The van der Waals surface area contributed by atoms with Gasteiger partial charge >= 0.3 is 0 Å². The molecule has 15 heavy (non-hydrogen) atoms. The molecular formula is C11H21N3O. The molecule has 0 unspecified atom stereocenters. The molecule has 2 fully saturated rings. The van der Waals surface area contributed by atoms with E-state index in [1.165, 1.54) is 6.42 Å². The van der Waals surface area contributed by atoms with Gasteiger partial charge in [0.05, 0.1) is 0 Å². The minimum absolute atomic E-state index is 0.330. The Bertz CT molecular complexity index is 232. The van der Waals surface area contributed by atoms with Crippen LogP contribution in [0.15, 0.2) is 0 Å². The summed E-state index contributed by atoms with van der Waals surface area (Å²) in [5, 5.41) is 0.